The van der Waals surface area contributed by atoms with Crippen LogP contribution in [0.5, 0.6) is 0 Å². The standard InChI is InChI=1S/C25H25ClFN3O4S/c1-18(25(32)28-2)29(16-19-12-14-20(26)15-13-19)24(31)17-30(23-11-7-6-10-22(23)27)35(33,34)21-8-4-3-5-9-21/h3-15,18H,16-17H2,1-2H3,(H,28,32). The average molecular weight is 518 g/mol. The summed E-state index contributed by atoms with van der Waals surface area (Å²) in [4.78, 5) is 27.1. The first-order valence-corrected chi connectivity index (χ1v) is 12.5. The number of nitrogens with zero attached hydrogens (tertiary/aromatic N) is 2. The topological polar surface area (TPSA) is 86.8 Å². The maximum Gasteiger partial charge on any atom is 0.264 e. The molecule has 0 radical (unpaired) electrons. The van der Waals surface area contributed by atoms with Crippen molar-refractivity contribution in [3.05, 3.63) is 95.3 Å². The monoisotopic (exact) mass is 517 g/mol. The van der Waals surface area contributed by atoms with Crippen molar-refractivity contribution in [2.75, 3.05) is 17.9 Å². The Morgan fingerprint density at radius 3 is 2.17 bits per heavy atom. The number of halogens is 2. The van der Waals surface area contributed by atoms with Gasteiger partial charge in [-0.1, -0.05) is 54.1 Å². The third kappa shape index (κ3) is 6.17. The molecule has 0 saturated carbocycles. The summed E-state index contributed by atoms with van der Waals surface area (Å²) in [6.45, 7) is 0.833. The molecule has 1 N–H and O–H groups in total. The maximum atomic E-state index is 14.8. The largest absolute Gasteiger partial charge is 0.357 e. The summed E-state index contributed by atoms with van der Waals surface area (Å²) in [5.74, 6) is -1.92. The lowest BCUT2D eigenvalue weighted by Gasteiger charge is -2.31. The van der Waals surface area contributed by atoms with Crippen LogP contribution in [0, 0.1) is 5.82 Å². The molecular weight excluding hydrogens is 493 g/mol. The van der Waals surface area contributed by atoms with Gasteiger partial charge < -0.3 is 10.2 Å². The molecule has 0 spiro atoms. The van der Waals surface area contributed by atoms with Crippen LogP contribution in [0.1, 0.15) is 12.5 Å². The molecule has 0 aliphatic carbocycles. The van der Waals surface area contributed by atoms with E-state index in [1.807, 2.05) is 0 Å². The second-order valence-electron chi connectivity index (χ2n) is 7.71. The van der Waals surface area contributed by atoms with Gasteiger partial charge in [0.15, 0.2) is 0 Å². The minimum atomic E-state index is -4.31. The lowest BCUT2D eigenvalue weighted by Crippen LogP contribution is -2.50. The Morgan fingerprint density at radius 2 is 1.57 bits per heavy atom. The van der Waals surface area contributed by atoms with E-state index in [0.29, 0.717) is 10.6 Å². The van der Waals surface area contributed by atoms with Crippen molar-refractivity contribution in [2.24, 2.45) is 0 Å². The fraction of sp³-hybridized carbons (Fsp3) is 0.200. The zero-order valence-electron chi connectivity index (χ0n) is 19.2. The summed E-state index contributed by atoms with van der Waals surface area (Å²) in [7, 11) is -2.87. The predicted octanol–water partition coefficient (Wildman–Crippen LogP) is 3.84. The van der Waals surface area contributed by atoms with Crippen LogP contribution in [0.2, 0.25) is 5.02 Å². The van der Waals surface area contributed by atoms with Crippen LogP contribution in [0.3, 0.4) is 0 Å². The molecule has 1 atom stereocenters. The van der Waals surface area contributed by atoms with Crippen LogP contribution in [0.4, 0.5) is 10.1 Å². The van der Waals surface area contributed by atoms with Gasteiger partial charge in [-0.25, -0.2) is 12.8 Å². The number of hydrogen-bond donors (Lipinski definition) is 1. The molecule has 3 aromatic rings. The number of benzene rings is 3. The van der Waals surface area contributed by atoms with E-state index in [1.165, 1.54) is 61.3 Å². The lowest BCUT2D eigenvalue weighted by molar-refractivity contribution is -0.139. The minimum absolute atomic E-state index is 0.0150. The Morgan fingerprint density at radius 1 is 0.971 bits per heavy atom. The number of amides is 2. The number of carbonyl (C=O) groups excluding carboxylic acids is 2. The third-order valence-corrected chi connectivity index (χ3v) is 7.44. The summed E-state index contributed by atoms with van der Waals surface area (Å²) in [5, 5.41) is 3.00. The molecule has 0 heterocycles. The highest BCUT2D eigenvalue weighted by Gasteiger charge is 2.33. The van der Waals surface area contributed by atoms with Crippen molar-refractivity contribution in [2.45, 2.75) is 24.4 Å². The van der Waals surface area contributed by atoms with Crippen molar-refractivity contribution in [1.82, 2.24) is 10.2 Å². The highest BCUT2D eigenvalue weighted by Crippen LogP contribution is 2.27. The van der Waals surface area contributed by atoms with E-state index in [9.17, 15) is 22.4 Å². The minimum Gasteiger partial charge on any atom is -0.357 e. The number of carbonyl (C=O) groups is 2. The van der Waals surface area contributed by atoms with E-state index in [1.54, 1.807) is 30.3 Å². The molecule has 0 bridgehead atoms. The first-order valence-electron chi connectivity index (χ1n) is 10.7. The number of rotatable bonds is 9. The molecule has 3 aromatic carbocycles. The Labute approximate surface area is 209 Å². The fourth-order valence-electron chi connectivity index (χ4n) is 3.47. The van der Waals surface area contributed by atoms with Crippen molar-refractivity contribution in [3.8, 4) is 0 Å². The molecule has 0 fully saturated rings. The number of nitrogens with one attached hydrogen (secondary N) is 1. The third-order valence-electron chi connectivity index (χ3n) is 5.41. The van der Waals surface area contributed by atoms with Crippen molar-refractivity contribution in [3.63, 3.8) is 0 Å². The molecule has 0 aromatic heterocycles. The van der Waals surface area contributed by atoms with Crippen molar-refractivity contribution >= 4 is 39.1 Å². The van der Waals surface area contributed by atoms with Crippen molar-refractivity contribution < 1.29 is 22.4 Å². The quantitative estimate of drug-likeness (QED) is 0.467. The van der Waals surface area contributed by atoms with Gasteiger partial charge in [0.05, 0.1) is 10.6 Å². The summed E-state index contributed by atoms with van der Waals surface area (Å²) >= 11 is 5.95. The highest BCUT2D eigenvalue weighted by atomic mass is 35.5. The first kappa shape index (κ1) is 26.2. The Hall–Kier alpha value is -3.43. The second-order valence-corrected chi connectivity index (χ2v) is 10.0. The summed E-state index contributed by atoms with van der Waals surface area (Å²) < 4.78 is 42.5. The molecule has 0 aliphatic heterocycles. The zero-order valence-corrected chi connectivity index (χ0v) is 20.8. The van der Waals surface area contributed by atoms with Gasteiger partial charge in [0.25, 0.3) is 10.0 Å². The van der Waals surface area contributed by atoms with E-state index in [-0.39, 0.29) is 17.1 Å². The molecule has 10 heteroatoms. The van der Waals surface area contributed by atoms with Gasteiger partial charge in [0.1, 0.15) is 18.4 Å². The zero-order chi connectivity index (χ0) is 25.6. The number of sulfonamides is 1. The number of likely N-dealkylation sites (N-methyl/N-ethyl adjacent to an activating group) is 1. The second kappa shape index (κ2) is 11.3. The number of anilines is 1. The highest BCUT2D eigenvalue weighted by molar-refractivity contribution is 7.92. The van der Waals surface area contributed by atoms with Gasteiger partial charge >= 0.3 is 0 Å². The van der Waals surface area contributed by atoms with Crippen LogP contribution >= 0.6 is 11.6 Å². The molecule has 184 valence electrons. The van der Waals surface area contributed by atoms with E-state index in [2.05, 4.69) is 5.32 Å². The predicted molar refractivity (Wildman–Crippen MR) is 133 cm³/mol. The molecular formula is C25H25ClFN3O4S. The van der Waals surface area contributed by atoms with Gasteiger partial charge in [-0.2, -0.15) is 0 Å². The van der Waals surface area contributed by atoms with Crippen LogP contribution in [-0.4, -0.2) is 44.8 Å². The van der Waals surface area contributed by atoms with Crippen LogP contribution in [0.15, 0.2) is 83.8 Å². The molecule has 0 aliphatic rings. The van der Waals surface area contributed by atoms with Crippen LogP contribution in [0.25, 0.3) is 0 Å². The fourth-order valence-corrected chi connectivity index (χ4v) is 5.03. The molecule has 2 amide bonds. The lowest BCUT2D eigenvalue weighted by atomic mass is 10.1. The first-order chi connectivity index (χ1) is 16.6. The van der Waals surface area contributed by atoms with Gasteiger partial charge in [0, 0.05) is 18.6 Å². The average Bonchev–Trinajstić information content (AvgIpc) is 2.86. The normalized spacial score (nSPS) is 12.0. The van der Waals surface area contributed by atoms with Crippen molar-refractivity contribution in [1.29, 1.82) is 0 Å². The van der Waals surface area contributed by atoms with E-state index >= 15 is 0 Å². The van der Waals surface area contributed by atoms with Gasteiger partial charge in [0.2, 0.25) is 11.8 Å². The van der Waals surface area contributed by atoms with E-state index < -0.39 is 40.2 Å². The smallest absolute Gasteiger partial charge is 0.264 e. The number of para-hydroxylation sites is 1. The number of hydrogen-bond acceptors (Lipinski definition) is 4. The molecule has 1 unspecified atom stereocenters. The molecule has 7 nitrogen and oxygen atoms in total. The molecule has 3 rings (SSSR count). The summed E-state index contributed by atoms with van der Waals surface area (Å²) in [6, 6.07) is 18.5. The molecule has 0 saturated heterocycles. The van der Waals surface area contributed by atoms with Gasteiger partial charge in [-0.3, -0.25) is 13.9 Å². The van der Waals surface area contributed by atoms with Gasteiger partial charge in [-0.05, 0) is 48.9 Å². The summed E-state index contributed by atoms with van der Waals surface area (Å²) in [5.41, 5.74) is 0.408. The van der Waals surface area contributed by atoms with Crippen LogP contribution < -0.4 is 9.62 Å². The Bertz CT molecular complexity index is 1290. The van der Waals surface area contributed by atoms with E-state index in [0.717, 1.165) is 10.4 Å². The Balaban J connectivity index is 2.03. The maximum absolute atomic E-state index is 14.8. The SMILES string of the molecule is CNC(=O)C(C)N(Cc1ccc(Cl)cc1)C(=O)CN(c1ccccc1F)S(=O)(=O)c1ccccc1. The Kier molecular flexibility index (Phi) is 8.48. The van der Waals surface area contributed by atoms with E-state index in [4.69, 9.17) is 11.6 Å². The molecule has 35 heavy (non-hydrogen) atoms. The van der Waals surface area contributed by atoms with Crippen LogP contribution in [-0.2, 0) is 26.2 Å². The summed E-state index contributed by atoms with van der Waals surface area (Å²) in [6.07, 6.45) is 0. The van der Waals surface area contributed by atoms with Gasteiger partial charge in [-0.15, -0.1) is 0 Å².